The lowest BCUT2D eigenvalue weighted by atomic mass is 10.1. The Morgan fingerprint density at radius 2 is 1.87 bits per heavy atom. The number of rotatable bonds is 2. The molecule has 3 nitrogen and oxygen atoms in total. The number of aromatic nitrogens is 1. The van der Waals surface area contributed by atoms with E-state index in [9.17, 15) is 0 Å². The second kappa shape index (κ2) is 4.37. The number of nitrogens with two attached hydrogens (primary N) is 1. The Morgan fingerprint density at radius 1 is 1.07 bits per heavy atom. The highest BCUT2D eigenvalue weighted by molar-refractivity contribution is 5.80. The van der Waals surface area contributed by atoms with Crippen LogP contribution in [0.4, 0.5) is 0 Å². The van der Waals surface area contributed by atoms with Gasteiger partial charge in [0.05, 0.1) is 6.21 Å². The van der Waals surface area contributed by atoms with Gasteiger partial charge in [0.1, 0.15) is 0 Å². The quantitative estimate of drug-likeness (QED) is 0.455. The fourth-order valence-electron chi connectivity index (χ4n) is 1.38. The van der Waals surface area contributed by atoms with Crippen LogP contribution < -0.4 is 5.84 Å². The first-order chi connectivity index (χ1) is 7.40. The summed E-state index contributed by atoms with van der Waals surface area (Å²) in [5.41, 5.74) is 3.23. The van der Waals surface area contributed by atoms with Gasteiger partial charge in [0, 0.05) is 12.4 Å². The molecule has 0 saturated heterocycles. The van der Waals surface area contributed by atoms with Gasteiger partial charge in [-0.15, -0.1) is 0 Å². The van der Waals surface area contributed by atoms with Crippen LogP contribution in [0.2, 0.25) is 0 Å². The van der Waals surface area contributed by atoms with Crippen molar-refractivity contribution in [3.05, 3.63) is 54.4 Å². The van der Waals surface area contributed by atoms with Crippen LogP contribution in [0.1, 0.15) is 5.56 Å². The summed E-state index contributed by atoms with van der Waals surface area (Å²) < 4.78 is 0. The zero-order chi connectivity index (χ0) is 10.5. The number of benzene rings is 1. The van der Waals surface area contributed by atoms with Gasteiger partial charge in [-0.1, -0.05) is 30.3 Å². The summed E-state index contributed by atoms with van der Waals surface area (Å²) in [6.07, 6.45) is 5.22. The van der Waals surface area contributed by atoms with Gasteiger partial charge in [-0.25, -0.2) is 0 Å². The van der Waals surface area contributed by atoms with Gasteiger partial charge < -0.3 is 5.84 Å². The molecule has 0 atom stereocenters. The fraction of sp³-hybridized carbons (Fsp3) is 0. The standard InChI is InChI=1S/C12H11N3/c13-15-8-10-3-5-11(6-4-10)12-2-1-7-14-9-12/h1-9H,13H2. The van der Waals surface area contributed by atoms with Crippen LogP contribution in [0, 0.1) is 0 Å². The fourth-order valence-corrected chi connectivity index (χ4v) is 1.38. The summed E-state index contributed by atoms with van der Waals surface area (Å²) in [4.78, 5) is 4.07. The van der Waals surface area contributed by atoms with Crippen molar-refractivity contribution < 1.29 is 0 Å². The van der Waals surface area contributed by atoms with E-state index >= 15 is 0 Å². The van der Waals surface area contributed by atoms with E-state index < -0.39 is 0 Å². The summed E-state index contributed by atoms with van der Waals surface area (Å²) in [7, 11) is 0. The van der Waals surface area contributed by atoms with E-state index in [4.69, 9.17) is 5.84 Å². The molecule has 1 aromatic carbocycles. The van der Waals surface area contributed by atoms with Gasteiger partial charge in [-0.3, -0.25) is 4.98 Å². The van der Waals surface area contributed by atoms with E-state index in [2.05, 4.69) is 10.1 Å². The summed E-state index contributed by atoms with van der Waals surface area (Å²) >= 11 is 0. The molecule has 0 unspecified atom stereocenters. The van der Waals surface area contributed by atoms with E-state index in [0.717, 1.165) is 16.7 Å². The Hall–Kier alpha value is -2.16. The van der Waals surface area contributed by atoms with Crippen molar-refractivity contribution in [2.24, 2.45) is 10.9 Å². The van der Waals surface area contributed by atoms with Crippen LogP contribution in [-0.2, 0) is 0 Å². The highest BCUT2D eigenvalue weighted by Gasteiger charge is 1.95. The van der Waals surface area contributed by atoms with E-state index in [1.807, 2.05) is 42.6 Å². The molecule has 0 spiro atoms. The van der Waals surface area contributed by atoms with Gasteiger partial charge in [0.15, 0.2) is 0 Å². The maximum absolute atomic E-state index is 5.07. The Labute approximate surface area is 88.3 Å². The summed E-state index contributed by atoms with van der Waals surface area (Å²) in [5.74, 6) is 5.07. The number of hydrogen-bond donors (Lipinski definition) is 1. The van der Waals surface area contributed by atoms with E-state index in [0.29, 0.717) is 0 Å². The summed E-state index contributed by atoms with van der Waals surface area (Å²) in [6.45, 7) is 0. The van der Waals surface area contributed by atoms with E-state index in [-0.39, 0.29) is 0 Å². The van der Waals surface area contributed by atoms with Crippen molar-refractivity contribution in [1.82, 2.24) is 4.98 Å². The van der Waals surface area contributed by atoms with Gasteiger partial charge in [0.2, 0.25) is 0 Å². The Morgan fingerprint density at radius 3 is 2.47 bits per heavy atom. The minimum atomic E-state index is 0.991. The monoisotopic (exact) mass is 197 g/mol. The second-order valence-electron chi connectivity index (χ2n) is 3.14. The van der Waals surface area contributed by atoms with Gasteiger partial charge >= 0.3 is 0 Å². The minimum Gasteiger partial charge on any atom is -0.323 e. The SMILES string of the molecule is NN=Cc1ccc(-c2cccnc2)cc1. The zero-order valence-electron chi connectivity index (χ0n) is 8.17. The van der Waals surface area contributed by atoms with Gasteiger partial charge in [-0.2, -0.15) is 5.10 Å². The Kier molecular flexibility index (Phi) is 2.74. The summed E-state index contributed by atoms with van der Waals surface area (Å²) in [6, 6.07) is 11.9. The van der Waals surface area contributed by atoms with Crippen molar-refractivity contribution in [1.29, 1.82) is 0 Å². The molecule has 1 heterocycles. The molecule has 3 heteroatoms. The predicted octanol–water partition coefficient (Wildman–Crippen LogP) is 2.04. The van der Waals surface area contributed by atoms with E-state index in [1.165, 1.54) is 0 Å². The van der Waals surface area contributed by atoms with Crippen LogP contribution in [0.5, 0.6) is 0 Å². The smallest absolute Gasteiger partial charge is 0.0538 e. The topological polar surface area (TPSA) is 51.3 Å². The largest absolute Gasteiger partial charge is 0.323 e. The lowest BCUT2D eigenvalue weighted by Crippen LogP contribution is -1.86. The van der Waals surface area contributed by atoms with Crippen molar-refractivity contribution in [2.45, 2.75) is 0 Å². The number of hydrogen-bond acceptors (Lipinski definition) is 3. The van der Waals surface area contributed by atoms with Crippen molar-refractivity contribution >= 4 is 6.21 Å². The van der Waals surface area contributed by atoms with Gasteiger partial charge in [-0.05, 0) is 22.8 Å². The highest BCUT2D eigenvalue weighted by Crippen LogP contribution is 2.17. The predicted molar refractivity (Wildman–Crippen MR) is 61.5 cm³/mol. The third kappa shape index (κ3) is 2.20. The molecule has 0 aliphatic rings. The van der Waals surface area contributed by atoms with Crippen molar-refractivity contribution in [2.75, 3.05) is 0 Å². The average molecular weight is 197 g/mol. The zero-order valence-corrected chi connectivity index (χ0v) is 8.17. The molecule has 0 aliphatic heterocycles. The van der Waals surface area contributed by atoms with Crippen LogP contribution >= 0.6 is 0 Å². The molecule has 2 rings (SSSR count). The van der Waals surface area contributed by atoms with Gasteiger partial charge in [0.25, 0.3) is 0 Å². The normalized spacial score (nSPS) is 10.7. The Bertz CT molecular complexity index is 446. The van der Waals surface area contributed by atoms with Crippen LogP contribution in [0.15, 0.2) is 53.9 Å². The molecular weight excluding hydrogens is 186 g/mol. The molecule has 0 bridgehead atoms. The van der Waals surface area contributed by atoms with E-state index in [1.54, 1.807) is 12.4 Å². The minimum absolute atomic E-state index is 0.991. The first-order valence-electron chi connectivity index (χ1n) is 4.64. The third-order valence-corrected chi connectivity index (χ3v) is 2.13. The highest BCUT2D eigenvalue weighted by atomic mass is 15.1. The molecule has 0 aliphatic carbocycles. The first kappa shape index (κ1) is 9.40. The molecule has 0 amide bonds. The number of hydrazone groups is 1. The maximum Gasteiger partial charge on any atom is 0.0538 e. The van der Waals surface area contributed by atoms with Crippen LogP contribution in [-0.4, -0.2) is 11.2 Å². The number of pyridine rings is 1. The van der Waals surface area contributed by atoms with Crippen molar-refractivity contribution in [3.8, 4) is 11.1 Å². The molecule has 0 radical (unpaired) electrons. The lowest BCUT2D eigenvalue weighted by molar-refractivity contribution is 1.26. The molecule has 0 fully saturated rings. The first-order valence-corrected chi connectivity index (χ1v) is 4.64. The van der Waals surface area contributed by atoms with Crippen LogP contribution in [0.25, 0.3) is 11.1 Å². The van der Waals surface area contributed by atoms with Crippen LogP contribution in [0.3, 0.4) is 0 Å². The maximum atomic E-state index is 5.07. The average Bonchev–Trinajstić information content (AvgIpc) is 2.32. The molecule has 0 saturated carbocycles. The third-order valence-electron chi connectivity index (χ3n) is 2.13. The molecule has 15 heavy (non-hydrogen) atoms. The molecular formula is C12H11N3. The second-order valence-corrected chi connectivity index (χ2v) is 3.14. The lowest BCUT2D eigenvalue weighted by Gasteiger charge is -2.00. The number of nitrogens with zero attached hydrogens (tertiary/aromatic N) is 2. The van der Waals surface area contributed by atoms with Crippen molar-refractivity contribution in [3.63, 3.8) is 0 Å². The molecule has 1 aromatic heterocycles. The molecule has 2 N–H and O–H groups in total. The Balaban J connectivity index is 2.32. The molecule has 74 valence electrons. The molecule has 2 aromatic rings. The summed E-state index contributed by atoms with van der Waals surface area (Å²) in [5, 5.41) is 3.47.